The summed E-state index contributed by atoms with van der Waals surface area (Å²) in [7, 11) is 3.42. The molecule has 0 aliphatic carbocycles. The topological polar surface area (TPSA) is 29.5 Å². The number of ether oxygens (including phenoxy) is 1. The maximum atomic E-state index is 10.8. The maximum absolute atomic E-state index is 10.8. The van der Waals surface area contributed by atoms with Gasteiger partial charge in [-0.15, -0.1) is 6.58 Å². The molecule has 3 heteroatoms. The van der Waals surface area contributed by atoms with Crippen LogP contribution in [0.4, 0.5) is 0 Å². The smallest absolute Gasteiger partial charge is 0.306 e. The molecule has 0 N–H and O–H groups in total. The van der Waals surface area contributed by atoms with Gasteiger partial charge < -0.3 is 9.64 Å². The highest BCUT2D eigenvalue weighted by Gasteiger charge is 2.02. The summed E-state index contributed by atoms with van der Waals surface area (Å²) in [4.78, 5) is 12.9. The highest BCUT2D eigenvalue weighted by molar-refractivity contribution is 5.69. The molecule has 0 bridgehead atoms. The van der Waals surface area contributed by atoms with Crippen LogP contribution in [0.5, 0.6) is 0 Å². The highest BCUT2D eigenvalue weighted by atomic mass is 16.5. The van der Waals surface area contributed by atoms with Gasteiger partial charge in [-0.3, -0.25) is 4.79 Å². The minimum Gasteiger partial charge on any atom is -0.469 e. The minimum atomic E-state index is -0.143. The number of carbonyl (C=O) groups is 1. The van der Waals surface area contributed by atoms with Gasteiger partial charge in [0, 0.05) is 6.54 Å². The molecule has 13 heavy (non-hydrogen) atoms. The van der Waals surface area contributed by atoms with Gasteiger partial charge in [0.05, 0.1) is 13.5 Å². The Kier molecular flexibility index (Phi) is 7.30. The van der Waals surface area contributed by atoms with Crippen molar-refractivity contribution in [1.82, 2.24) is 4.90 Å². The zero-order valence-corrected chi connectivity index (χ0v) is 8.58. The number of hydrogen-bond donors (Lipinski definition) is 0. The van der Waals surface area contributed by atoms with Crippen LogP contribution in [0, 0.1) is 0 Å². The predicted octanol–water partition coefficient (Wildman–Crippen LogP) is 1.45. The average Bonchev–Trinajstić information content (AvgIpc) is 2.14. The lowest BCUT2D eigenvalue weighted by Crippen LogP contribution is -2.23. The lowest BCUT2D eigenvalue weighted by atomic mass is 10.3. The molecule has 0 saturated heterocycles. The average molecular weight is 185 g/mol. The van der Waals surface area contributed by atoms with Crippen molar-refractivity contribution in [2.45, 2.75) is 19.3 Å². The first-order valence-corrected chi connectivity index (χ1v) is 4.57. The second kappa shape index (κ2) is 7.80. The van der Waals surface area contributed by atoms with Gasteiger partial charge in [-0.05, 0) is 26.4 Å². The molecule has 0 rings (SSSR count). The molecule has 0 radical (unpaired) electrons. The van der Waals surface area contributed by atoms with Crippen molar-refractivity contribution in [3.63, 3.8) is 0 Å². The fourth-order valence-corrected chi connectivity index (χ4v) is 1.00. The monoisotopic (exact) mass is 185 g/mol. The zero-order chi connectivity index (χ0) is 10.1. The Balaban J connectivity index is 3.34. The van der Waals surface area contributed by atoms with E-state index in [-0.39, 0.29) is 5.97 Å². The van der Waals surface area contributed by atoms with Gasteiger partial charge in [-0.1, -0.05) is 6.08 Å². The Hall–Kier alpha value is -0.830. The molecule has 0 atom stereocenters. The van der Waals surface area contributed by atoms with Crippen molar-refractivity contribution in [3.05, 3.63) is 12.7 Å². The first-order chi connectivity index (χ1) is 6.20. The predicted molar refractivity (Wildman–Crippen MR) is 53.6 cm³/mol. The third kappa shape index (κ3) is 7.53. The van der Waals surface area contributed by atoms with Crippen molar-refractivity contribution in [1.29, 1.82) is 0 Å². The molecule has 0 aliphatic heterocycles. The number of esters is 1. The fourth-order valence-electron chi connectivity index (χ4n) is 1.00. The molecular formula is C10H19NO2. The summed E-state index contributed by atoms with van der Waals surface area (Å²) < 4.78 is 4.54. The van der Waals surface area contributed by atoms with E-state index in [0.29, 0.717) is 6.42 Å². The van der Waals surface area contributed by atoms with Crippen molar-refractivity contribution < 1.29 is 9.53 Å². The Bertz CT molecular complexity index is 157. The third-order valence-corrected chi connectivity index (χ3v) is 1.87. The summed E-state index contributed by atoms with van der Waals surface area (Å²) in [5, 5.41) is 0. The third-order valence-electron chi connectivity index (χ3n) is 1.87. The molecule has 0 spiro atoms. The van der Waals surface area contributed by atoms with E-state index in [0.717, 1.165) is 25.9 Å². The highest BCUT2D eigenvalue weighted by Crippen LogP contribution is 1.95. The molecule has 0 aliphatic rings. The number of methoxy groups -OCH3 is 1. The molecular weight excluding hydrogens is 166 g/mol. The van der Waals surface area contributed by atoms with Gasteiger partial charge >= 0.3 is 5.97 Å². The summed E-state index contributed by atoms with van der Waals surface area (Å²) in [6.45, 7) is 5.42. The van der Waals surface area contributed by atoms with Gasteiger partial charge in [0.25, 0.3) is 0 Å². The van der Waals surface area contributed by atoms with E-state index in [1.165, 1.54) is 7.11 Å². The van der Waals surface area contributed by atoms with E-state index in [9.17, 15) is 4.79 Å². The van der Waals surface area contributed by atoms with Crippen LogP contribution in [0.2, 0.25) is 0 Å². The fraction of sp³-hybridized carbons (Fsp3) is 0.700. The van der Waals surface area contributed by atoms with E-state index in [1.54, 1.807) is 0 Å². The quantitative estimate of drug-likeness (QED) is 0.341. The van der Waals surface area contributed by atoms with Crippen molar-refractivity contribution in [2.75, 3.05) is 27.2 Å². The first-order valence-electron chi connectivity index (χ1n) is 4.57. The molecule has 0 fully saturated rings. The summed E-state index contributed by atoms with van der Waals surface area (Å²) in [6.07, 6.45) is 4.51. The van der Waals surface area contributed by atoms with Gasteiger partial charge in [-0.2, -0.15) is 0 Å². The van der Waals surface area contributed by atoms with E-state index in [1.807, 2.05) is 13.1 Å². The van der Waals surface area contributed by atoms with Crippen LogP contribution >= 0.6 is 0 Å². The van der Waals surface area contributed by atoms with Crippen molar-refractivity contribution in [3.8, 4) is 0 Å². The van der Waals surface area contributed by atoms with E-state index >= 15 is 0 Å². The molecule has 0 aromatic carbocycles. The summed E-state index contributed by atoms with van der Waals surface area (Å²) in [5.74, 6) is -0.143. The zero-order valence-electron chi connectivity index (χ0n) is 8.58. The number of allylic oxidation sites excluding steroid dienone is 1. The second-order valence-corrected chi connectivity index (χ2v) is 3.06. The Morgan fingerprint density at radius 2 is 2.23 bits per heavy atom. The maximum Gasteiger partial charge on any atom is 0.306 e. The van der Waals surface area contributed by atoms with E-state index < -0.39 is 0 Å². The van der Waals surface area contributed by atoms with Crippen LogP contribution in [0.3, 0.4) is 0 Å². The lowest BCUT2D eigenvalue weighted by Gasteiger charge is -2.14. The van der Waals surface area contributed by atoms with E-state index in [4.69, 9.17) is 0 Å². The SMILES string of the molecule is C=CCCCN(C)CCC(=O)OC. The normalized spacial score (nSPS) is 10.1. The standard InChI is InChI=1S/C10H19NO2/c1-4-5-6-8-11(2)9-7-10(12)13-3/h4H,1,5-9H2,2-3H3. The van der Waals surface area contributed by atoms with Gasteiger partial charge in [0.2, 0.25) is 0 Å². The van der Waals surface area contributed by atoms with Gasteiger partial charge in [0.15, 0.2) is 0 Å². The summed E-state index contributed by atoms with van der Waals surface area (Å²) in [5.41, 5.74) is 0. The summed E-state index contributed by atoms with van der Waals surface area (Å²) >= 11 is 0. The Morgan fingerprint density at radius 3 is 2.77 bits per heavy atom. The van der Waals surface area contributed by atoms with Gasteiger partial charge in [-0.25, -0.2) is 0 Å². The number of rotatable bonds is 7. The van der Waals surface area contributed by atoms with Crippen LogP contribution in [0.1, 0.15) is 19.3 Å². The van der Waals surface area contributed by atoms with Crippen LogP contribution in [-0.4, -0.2) is 38.1 Å². The molecule has 0 amide bonds. The van der Waals surface area contributed by atoms with Crippen LogP contribution in [-0.2, 0) is 9.53 Å². The van der Waals surface area contributed by atoms with Crippen molar-refractivity contribution in [2.24, 2.45) is 0 Å². The molecule has 0 unspecified atom stereocenters. The molecule has 0 aromatic rings. The van der Waals surface area contributed by atoms with Crippen molar-refractivity contribution >= 4 is 5.97 Å². The van der Waals surface area contributed by atoms with Gasteiger partial charge in [0.1, 0.15) is 0 Å². The number of nitrogens with zero attached hydrogens (tertiary/aromatic N) is 1. The minimum absolute atomic E-state index is 0.143. The molecule has 76 valence electrons. The van der Waals surface area contributed by atoms with E-state index in [2.05, 4.69) is 16.2 Å². The second-order valence-electron chi connectivity index (χ2n) is 3.06. The lowest BCUT2D eigenvalue weighted by molar-refractivity contribution is -0.140. The van der Waals surface area contributed by atoms with Crippen LogP contribution in [0.25, 0.3) is 0 Å². The Morgan fingerprint density at radius 1 is 1.54 bits per heavy atom. The molecule has 3 nitrogen and oxygen atoms in total. The number of unbranched alkanes of at least 4 members (excludes halogenated alkanes) is 1. The molecule has 0 saturated carbocycles. The largest absolute Gasteiger partial charge is 0.469 e. The number of carbonyl (C=O) groups excluding carboxylic acids is 1. The Labute approximate surface area is 80.4 Å². The molecule has 0 aromatic heterocycles. The van der Waals surface area contributed by atoms with Crippen LogP contribution < -0.4 is 0 Å². The van der Waals surface area contributed by atoms with Crippen LogP contribution in [0.15, 0.2) is 12.7 Å². The first kappa shape index (κ1) is 12.2. The number of hydrogen-bond acceptors (Lipinski definition) is 3. The molecule has 0 heterocycles. The summed E-state index contributed by atoms with van der Waals surface area (Å²) in [6, 6.07) is 0.